The van der Waals surface area contributed by atoms with E-state index in [9.17, 15) is 8.42 Å². The number of hydrogen-bond acceptors (Lipinski definition) is 4. The Bertz CT molecular complexity index is 754. The van der Waals surface area contributed by atoms with Crippen molar-refractivity contribution in [1.29, 1.82) is 0 Å². The predicted octanol–water partition coefficient (Wildman–Crippen LogP) is 2.65. The van der Waals surface area contributed by atoms with Gasteiger partial charge in [-0.1, -0.05) is 18.5 Å². The quantitative estimate of drug-likeness (QED) is 0.917. The van der Waals surface area contributed by atoms with Crippen molar-refractivity contribution in [1.82, 2.24) is 9.78 Å². The molecule has 2 aromatic rings. The van der Waals surface area contributed by atoms with E-state index >= 15 is 0 Å². The van der Waals surface area contributed by atoms with Crippen LogP contribution < -0.4 is 5.32 Å². The third kappa shape index (κ3) is 3.77. The molecule has 0 amide bonds. The number of aryl methyl sites for hydroxylation is 2. The van der Waals surface area contributed by atoms with Gasteiger partial charge in [0.2, 0.25) is 0 Å². The number of rotatable bonds is 5. The molecule has 7 heteroatoms. The highest BCUT2D eigenvalue weighted by Crippen LogP contribution is 2.26. The van der Waals surface area contributed by atoms with Crippen molar-refractivity contribution in [2.45, 2.75) is 24.8 Å². The van der Waals surface area contributed by atoms with E-state index in [2.05, 4.69) is 10.4 Å². The molecule has 1 aromatic carbocycles. The van der Waals surface area contributed by atoms with Crippen molar-refractivity contribution in [2.24, 2.45) is 7.05 Å². The number of aromatic nitrogens is 2. The minimum Gasteiger partial charge on any atom is -0.380 e. The van der Waals surface area contributed by atoms with Gasteiger partial charge in [0.1, 0.15) is 0 Å². The second kappa shape index (κ2) is 6.07. The summed E-state index contributed by atoms with van der Waals surface area (Å²) in [5, 5.41) is 8.04. The van der Waals surface area contributed by atoms with Crippen LogP contribution in [0.15, 0.2) is 29.3 Å². The molecule has 114 valence electrons. The molecule has 5 nitrogen and oxygen atoms in total. The summed E-state index contributed by atoms with van der Waals surface area (Å²) in [6.45, 7) is 2.59. The second-order valence-electron chi connectivity index (χ2n) is 4.90. The van der Waals surface area contributed by atoms with Crippen molar-refractivity contribution in [3.63, 3.8) is 0 Å². The van der Waals surface area contributed by atoms with Crippen molar-refractivity contribution in [3.05, 3.63) is 40.7 Å². The number of nitrogens with one attached hydrogen (secondary N) is 1. The lowest BCUT2D eigenvalue weighted by atomic mass is 10.2. The van der Waals surface area contributed by atoms with Gasteiger partial charge in [-0.3, -0.25) is 4.68 Å². The lowest BCUT2D eigenvalue weighted by molar-refractivity contribution is 0.602. The van der Waals surface area contributed by atoms with E-state index in [1.54, 1.807) is 16.8 Å². The Kier molecular flexibility index (Phi) is 4.58. The van der Waals surface area contributed by atoms with Gasteiger partial charge in [-0.15, -0.1) is 0 Å². The molecule has 0 unspecified atom stereocenters. The van der Waals surface area contributed by atoms with E-state index in [-0.39, 0.29) is 4.90 Å². The maximum absolute atomic E-state index is 11.6. The highest BCUT2D eigenvalue weighted by molar-refractivity contribution is 7.90. The van der Waals surface area contributed by atoms with Gasteiger partial charge in [0, 0.05) is 31.6 Å². The van der Waals surface area contributed by atoms with Crippen LogP contribution in [0.4, 0.5) is 5.69 Å². The first-order chi connectivity index (χ1) is 9.81. The van der Waals surface area contributed by atoms with Crippen LogP contribution >= 0.6 is 11.6 Å². The van der Waals surface area contributed by atoms with Crippen LogP contribution in [0, 0.1) is 0 Å². The van der Waals surface area contributed by atoms with Gasteiger partial charge in [0.15, 0.2) is 9.84 Å². The summed E-state index contributed by atoms with van der Waals surface area (Å²) in [4.78, 5) is 0.247. The summed E-state index contributed by atoms with van der Waals surface area (Å²) in [6.07, 6.45) is 3.96. The summed E-state index contributed by atoms with van der Waals surface area (Å²) in [5.74, 6) is 0. The number of anilines is 1. The van der Waals surface area contributed by atoms with E-state index in [1.807, 2.05) is 20.2 Å². The largest absolute Gasteiger partial charge is 0.380 e. The fourth-order valence-corrected chi connectivity index (χ4v) is 2.92. The summed E-state index contributed by atoms with van der Waals surface area (Å²) >= 11 is 6.11. The first kappa shape index (κ1) is 15.9. The van der Waals surface area contributed by atoms with Gasteiger partial charge < -0.3 is 5.32 Å². The fraction of sp³-hybridized carbons (Fsp3) is 0.357. The standard InChI is InChI=1S/C14H18ClN3O2S/c1-4-13-10(9-18(2)17-13)8-16-14-7-11(21(3,19)20)5-6-12(14)15/h5-7,9,16H,4,8H2,1-3H3. The zero-order valence-corrected chi connectivity index (χ0v) is 13.8. The topological polar surface area (TPSA) is 64.0 Å². The van der Waals surface area contributed by atoms with Gasteiger partial charge in [-0.2, -0.15) is 5.10 Å². The van der Waals surface area contributed by atoms with Crippen LogP contribution in [0.1, 0.15) is 18.2 Å². The molecule has 1 heterocycles. The van der Waals surface area contributed by atoms with E-state index in [4.69, 9.17) is 11.6 Å². The molecular formula is C14H18ClN3O2S. The zero-order valence-electron chi connectivity index (χ0n) is 12.2. The average molecular weight is 328 g/mol. The molecule has 0 bridgehead atoms. The fourth-order valence-electron chi connectivity index (χ4n) is 2.09. The third-order valence-electron chi connectivity index (χ3n) is 3.16. The minimum atomic E-state index is -3.25. The van der Waals surface area contributed by atoms with E-state index < -0.39 is 9.84 Å². The Morgan fingerprint density at radius 1 is 1.38 bits per heavy atom. The van der Waals surface area contributed by atoms with Crippen LogP contribution in [0.3, 0.4) is 0 Å². The molecule has 0 radical (unpaired) electrons. The SMILES string of the molecule is CCc1nn(C)cc1CNc1cc(S(C)(=O)=O)ccc1Cl. The van der Waals surface area contributed by atoms with Gasteiger partial charge in [-0.05, 0) is 24.6 Å². The smallest absolute Gasteiger partial charge is 0.175 e. The monoisotopic (exact) mass is 327 g/mol. The van der Waals surface area contributed by atoms with Crippen molar-refractivity contribution < 1.29 is 8.42 Å². The number of halogens is 1. The summed E-state index contributed by atoms with van der Waals surface area (Å²) in [7, 11) is -1.37. The number of sulfone groups is 1. The molecule has 0 saturated heterocycles. The lowest BCUT2D eigenvalue weighted by Gasteiger charge is -2.10. The van der Waals surface area contributed by atoms with Gasteiger partial charge >= 0.3 is 0 Å². The first-order valence-corrected chi connectivity index (χ1v) is 8.83. The predicted molar refractivity (Wildman–Crippen MR) is 84.5 cm³/mol. The first-order valence-electron chi connectivity index (χ1n) is 6.56. The van der Waals surface area contributed by atoms with E-state index in [1.165, 1.54) is 12.3 Å². The molecule has 0 aliphatic carbocycles. The van der Waals surface area contributed by atoms with Gasteiger partial charge in [0.25, 0.3) is 0 Å². The molecule has 0 atom stereocenters. The average Bonchev–Trinajstić information content (AvgIpc) is 2.76. The Morgan fingerprint density at radius 3 is 2.71 bits per heavy atom. The molecule has 0 spiro atoms. The number of hydrogen-bond donors (Lipinski definition) is 1. The second-order valence-corrected chi connectivity index (χ2v) is 7.32. The van der Waals surface area contributed by atoms with Crippen molar-refractivity contribution in [3.8, 4) is 0 Å². The normalized spacial score (nSPS) is 11.6. The van der Waals surface area contributed by atoms with Gasteiger partial charge in [-0.25, -0.2) is 8.42 Å². The molecule has 0 fully saturated rings. The number of nitrogens with zero attached hydrogens (tertiary/aromatic N) is 2. The maximum atomic E-state index is 11.6. The van der Waals surface area contributed by atoms with Crippen LogP contribution in [0.25, 0.3) is 0 Å². The molecule has 2 rings (SSSR count). The molecule has 21 heavy (non-hydrogen) atoms. The minimum absolute atomic E-state index is 0.247. The highest BCUT2D eigenvalue weighted by Gasteiger charge is 2.11. The summed E-state index contributed by atoms with van der Waals surface area (Å²) < 4.78 is 24.9. The van der Waals surface area contributed by atoms with Crippen LogP contribution in [-0.4, -0.2) is 24.5 Å². The maximum Gasteiger partial charge on any atom is 0.175 e. The summed E-state index contributed by atoms with van der Waals surface area (Å²) in [5.41, 5.74) is 2.69. The van der Waals surface area contributed by atoms with Crippen LogP contribution in [-0.2, 0) is 29.9 Å². The van der Waals surface area contributed by atoms with Crippen molar-refractivity contribution >= 4 is 27.1 Å². The lowest BCUT2D eigenvalue weighted by Crippen LogP contribution is -2.04. The number of benzene rings is 1. The molecule has 1 aromatic heterocycles. The molecule has 0 saturated carbocycles. The third-order valence-corrected chi connectivity index (χ3v) is 4.60. The Labute approximate surface area is 129 Å². The van der Waals surface area contributed by atoms with Gasteiger partial charge in [0.05, 0.1) is 21.3 Å². The van der Waals surface area contributed by atoms with Crippen LogP contribution in [0.5, 0.6) is 0 Å². The molecule has 0 aliphatic rings. The van der Waals surface area contributed by atoms with E-state index in [0.717, 1.165) is 17.7 Å². The van der Waals surface area contributed by atoms with Crippen molar-refractivity contribution in [2.75, 3.05) is 11.6 Å². The summed E-state index contributed by atoms with van der Waals surface area (Å²) in [6, 6.07) is 4.65. The zero-order chi connectivity index (χ0) is 15.6. The van der Waals surface area contributed by atoms with Crippen LogP contribution in [0.2, 0.25) is 5.02 Å². The molecule has 0 aliphatic heterocycles. The Balaban J connectivity index is 2.23. The van der Waals surface area contributed by atoms with E-state index in [0.29, 0.717) is 17.3 Å². The molecular weight excluding hydrogens is 310 g/mol. The highest BCUT2D eigenvalue weighted by atomic mass is 35.5. The molecule has 1 N–H and O–H groups in total. The Hall–Kier alpha value is -1.53. The Morgan fingerprint density at radius 2 is 2.10 bits per heavy atom.